The second-order valence-electron chi connectivity index (χ2n) is 13.6. The summed E-state index contributed by atoms with van der Waals surface area (Å²) >= 11 is 0. The van der Waals surface area contributed by atoms with Gasteiger partial charge in [0.15, 0.2) is 0 Å². The highest BCUT2D eigenvalue weighted by atomic mass is 16.5. The first-order valence-corrected chi connectivity index (χ1v) is 15.0. The molecule has 0 aromatic carbocycles. The van der Waals surface area contributed by atoms with Crippen LogP contribution in [0.1, 0.15) is 78.6 Å². The van der Waals surface area contributed by atoms with Crippen molar-refractivity contribution in [2.45, 2.75) is 84.6 Å². The van der Waals surface area contributed by atoms with E-state index in [1.165, 1.54) is 84.0 Å². The van der Waals surface area contributed by atoms with E-state index >= 15 is 0 Å². The van der Waals surface area contributed by atoms with Crippen molar-refractivity contribution >= 4 is 0 Å². The summed E-state index contributed by atoms with van der Waals surface area (Å²) < 4.78 is 6.14. The molecule has 0 bridgehead atoms. The fourth-order valence-electron chi connectivity index (χ4n) is 10.4. The molecule has 0 radical (unpaired) electrons. The van der Waals surface area contributed by atoms with Gasteiger partial charge in [-0.1, -0.05) is 26.8 Å². The van der Waals surface area contributed by atoms with Crippen molar-refractivity contribution in [3.63, 3.8) is 0 Å². The van der Waals surface area contributed by atoms with Gasteiger partial charge >= 0.3 is 0 Å². The van der Waals surface area contributed by atoms with Crippen molar-refractivity contribution in [3.05, 3.63) is 24.4 Å². The SMILES string of the molecule is C[C@@H](COc1ccccn1)C1CCC2C3CCC4C[C@@H](N5CCNCC5)CC[C@]4(C)C3CC[C@@]21C. The Bertz CT molecular complexity index is 856. The third kappa shape index (κ3) is 4.25. The summed E-state index contributed by atoms with van der Waals surface area (Å²) in [4.78, 5) is 7.21. The first-order chi connectivity index (χ1) is 17.0. The second-order valence-corrected chi connectivity index (χ2v) is 13.6. The smallest absolute Gasteiger partial charge is 0.213 e. The van der Waals surface area contributed by atoms with E-state index in [1.807, 2.05) is 24.4 Å². The number of nitrogens with zero attached hydrogens (tertiary/aromatic N) is 2. The zero-order valence-corrected chi connectivity index (χ0v) is 22.6. The Morgan fingerprint density at radius 2 is 1.80 bits per heavy atom. The minimum atomic E-state index is 0.509. The van der Waals surface area contributed by atoms with Crippen molar-refractivity contribution in [3.8, 4) is 5.88 Å². The summed E-state index contributed by atoms with van der Waals surface area (Å²) in [5, 5.41) is 3.55. The monoisotopic (exact) mass is 479 g/mol. The summed E-state index contributed by atoms with van der Waals surface area (Å²) in [5.41, 5.74) is 1.11. The summed E-state index contributed by atoms with van der Waals surface area (Å²) in [6.45, 7) is 13.6. The molecule has 35 heavy (non-hydrogen) atoms. The highest BCUT2D eigenvalue weighted by molar-refractivity contribution is 5.11. The van der Waals surface area contributed by atoms with Crippen LogP contribution in [-0.2, 0) is 0 Å². The molecule has 5 fully saturated rings. The lowest BCUT2D eigenvalue weighted by atomic mass is 9.44. The Morgan fingerprint density at radius 1 is 1.00 bits per heavy atom. The quantitative estimate of drug-likeness (QED) is 0.560. The Hall–Kier alpha value is -1.13. The lowest BCUT2D eigenvalue weighted by molar-refractivity contribution is -0.125. The minimum absolute atomic E-state index is 0.509. The van der Waals surface area contributed by atoms with Gasteiger partial charge in [0.05, 0.1) is 6.61 Å². The molecule has 9 atom stereocenters. The van der Waals surface area contributed by atoms with Gasteiger partial charge in [-0.3, -0.25) is 4.90 Å². The van der Waals surface area contributed by atoms with Gasteiger partial charge < -0.3 is 10.1 Å². The molecular formula is C31H49N3O. The molecule has 5 aliphatic rings. The summed E-state index contributed by atoms with van der Waals surface area (Å²) in [7, 11) is 0. The van der Waals surface area contributed by atoms with Gasteiger partial charge in [-0.15, -0.1) is 0 Å². The maximum absolute atomic E-state index is 6.14. The highest BCUT2D eigenvalue weighted by Gasteiger charge is 2.60. The molecular weight excluding hydrogens is 430 g/mol. The van der Waals surface area contributed by atoms with Crippen molar-refractivity contribution < 1.29 is 4.74 Å². The van der Waals surface area contributed by atoms with Crippen LogP contribution in [0.5, 0.6) is 5.88 Å². The van der Waals surface area contributed by atoms with Crippen molar-refractivity contribution in [2.24, 2.45) is 46.3 Å². The van der Waals surface area contributed by atoms with Gasteiger partial charge in [-0.05, 0) is 110 Å². The highest BCUT2D eigenvalue weighted by Crippen LogP contribution is 2.68. The number of nitrogens with one attached hydrogen (secondary N) is 1. The molecule has 1 saturated heterocycles. The fraction of sp³-hybridized carbons (Fsp3) is 0.839. The molecule has 4 heteroatoms. The standard InChI is InChI=1S/C31H49N3O/c1-22(21-35-29-6-4-5-15-33-29)26-9-10-27-25-8-7-23-20-24(34-18-16-32-17-19-34)11-13-30(23,2)28(25)12-14-31(26,27)3/h4-6,15,22-28,32H,7-14,16-21H2,1-3H3/t22-,23?,24-,25?,26?,27?,28?,30-,31+/m0/s1. The van der Waals surface area contributed by atoms with E-state index < -0.39 is 0 Å². The number of ether oxygens (including phenoxy) is 1. The molecule has 5 unspecified atom stereocenters. The van der Waals surface area contributed by atoms with E-state index in [2.05, 4.69) is 36.0 Å². The second kappa shape index (κ2) is 9.63. The van der Waals surface area contributed by atoms with E-state index in [9.17, 15) is 0 Å². The van der Waals surface area contributed by atoms with Crippen LogP contribution in [-0.4, -0.2) is 48.7 Å². The Morgan fingerprint density at radius 3 is 2.60 bits per heavy atom. The molecule has 6 rings (SSSR count). The summed E-state index contributed by atoms with van der Waals surface area (Å²) in [6, 6.07) is 6.84. The zero-order valence-electron chi connectivity index (χ0n) is 22.6. The Kier molecular flexibility index (Phi) is 6.67. The number of fused-ring (bicyclic) bond motifs is 5. The fourth-order valence-corrected chi connectivity index (χ4v) is 10.4. The van der Waals surface area contributed by atoms with E-state index in [0.29, 0.717) is 16.7 Å². The molecule has 4 saturated carbocycles. The molecule has 1 aromatic heterocycles. The number of hydrogen-bond acceptors (Lipinski definition) is 4. The number of pyridine rings is 1. The third-order valence-corrected chi connectivity index (χ3v) is 12.2. The van der Waals surface area contributed by atoms with Crippen LogP contribution in [0.15, 0.2) is 24.4 Å². The number of hydrogen-bond donors (Lipinski definition) is 1. The van der Waals surface area contributed by atoms with Gasteiger partial charge in [-0.2, -0.15) is 0 Å². The van der Waals surface area contributed by atoms with Crippen LogP contribution in [0.2, 0.25) is 0 Å². The lowest BCUT2D eigenvalue weighted by Crippen LogP contribution is -2.57. The molecule has 194 valence electrons. The van der Waals surface area contributed by atoms with E-state index in [4.69, 9.17) is 4.74 Å². The average molecular weight is 480 g/mol. The van der Waals surface area contributed by atoms with Gasteiger partial charge in [-0.25, -0.2) is 4.98 Å². The first-order valence-electron chi connectivity index (χ1n) is 15.0. The van der Waals surface area contributed by atoms with Crippen LogP contribution >= 0.6 is 0 Å². The van der Waals surface area contributed by atoms with Gasteiger partial charge in [0.25, 0.3) is 0 Å². The van der Waals surface area contributed by atoms with Crippen LogP contribution in [0, 0.1) is 46.3 Å². The third-order valence-electron chi connectivity index (χ3n) is 12.2. The number of aromatic nitrogens is 1. The Balaban J connectivity index is 1.12. The zero-order chi connectivity index (χ0) is 24.0. The lowest BCUT2D eigenvalue weighted by Gasteiger charge is -2.62. The van der Waals surface area contributed by atoms with Crippen LogP contribution in [0.25, 0.3) is 0 Å². The van der Waals surface area contributed by atoms with Crippen LogP contribution in [0.3, 0.4) is 0 Å². The predicted octanol–water partition coefficient (Wildman–Crippen LogP) is 6.03. The maximum Gasteiger partial charge on any atom is 0.213 e. The first kappa shape index (κ1) is 24.2. The summed E-state index contributed by atoms with van der Waals surface area (Å²) in [6.07, 6.45) is 15.0. The normalized spacial score (nSPS) is 44.7. The average Bonchev–Trinajstić information content (AvgIpc) is 3.25. The number of piperazine rings is 1. The van der Waals surface area contributed by atoms with Crippen LogP contribution in [0.4, 0.5) is 0 Å². The van der Waals surface area contributed by atoms with Gasteiger partial charge in [0, 0.05) is 44.5 Å². The molecule has 0 amide bonds. The van der Waals surface area contributed by atoms with Gasteiger partial charge in [0.1, 0.15) is 0 Å². The van der Waals surface area contributed by atoms with Crippen molar-refractivity contribution in [2.75, 3.05) is 32.8 Å². The molecule has 4 nitrogen and oxygen atoms in total. The summed E-state index contributed by atoms with van der Waals surface area (Å²) in [5.74, 6) is 6.03. The minimum Gasteiger partial charge on any atom is -0.477 e. The topological polar surface area (TPSA) is 37.4 Å². The molecule has 1 aromatic rings. The van der Waals surface area contributed by atoms with Gasteiger partial charge in [0.2, 0.25) is 5.88 Å². The molecule has 1 N–H and O–H groups in total. The maximum atomic E-state index is 6.14. The molecule has 0 spiro atoms. The van der Waals surface area contributed by atoms with Crippen molar-refractivity contribution in [1.82, 2.24) is 15.2 Å². The Labute approximate surface area is 214 Å². The van der Waals surface area contributed by atoms with Crippen molar-refractivity contribution in [1.29, 1.82) is 0 Å². The molecule has 4 aliphatic carbocycles. The molecule has 1 aliphatic heterocycles. The number of rotatable bonds is 5. The largest absolute Gasteiger partial charge is 0.477 e. The van der Waals surface area contributed by atoms with Crippen LogP contribution < -0.4 is 10.1 Å². The predicted molar refractivity (Wildman–Crippen MR) is 142 cm³/mol. The van der Waals surface area contributed by atoms with E-state index in [1.54, 1.807) is 0 Å². The van der Waals surface area contributed by atoms with E-state index in [0.717, 1.165) is 48.1 Å². The molecule has 2 heterocycles. The van der Waals surface area contributed by atoms with E-state index in [-0.39, 0.29) is 0 Å².